The molecule has 1 fully saturated rings. The van der Waals surface area contributed by atoms with E-state index in [-0.39, 0.29) is 11.9 Å². The minimum atomic E-state index is -0.227. The summed E-state index contributed by atoms with van der Waals surface area (Å²) in [4.78, 5) is 6.69. The molecule has 170 valence electrons. The van der Waals surface area contributed by atoms with Crippen LogP contribution in [0, 0.1) is 5.82 Å². The smallest absolute Gasteiger partial charge is 0.191 e. The normalized spacial score (nSPS) is 16.5. The number of ether oxygens (including phenoxy) is 1. The van der Waals surface area contributed by atoms with Crippen LogP contribution in [0.2, 0.25) is 0 Å². The maximum absolute atomic E-state index is 13.4. The van der Waals surface area contributed by atoms with Crippen molar-refractivity contribution in [2.24, 2.45) is 4.99 Å². The van der Waals surface area contributed by atoms with Gasteiger partial charge in [0.15, 0.2) is 11.7 Å². The van der Waals surface area contributed by atoms with E-state index in [1.54, 1.807) is 7.05 Å². The molecule has 2 heterocycles. The van der Waals surface area contributed by atoms with Crippen molar-refractivity contribution in [3.8, 4) is 0 Å². The highest BCUT2D eigenvalue weighted by molar-refractivity contribution is 5.79. The van der Waals surface area contributed by atoms with Gasteiger partial charge in [0.2, 0.25) is 0 Å². The lowest BCUT2D eigenvalue weighted by atomic mass is 9.99. The average molecular weight is 432 g/mol. The first-order valence-corrected chi connectivity index (χ1v) is 11.1. The summed E-state index contributed by atoms with van der Waals surface area (Å²) in [6, 6.07) is 8.83. The molecule has 2 aromatic rings. The number of nitrogens with zero attached hydrogens (tertiary/aromatic N) is 3. The zero-order chi connectivity index (χ0) is 22.1. The summed E-state index contributed by atoms with van der Waals surface area (Å²) in [5, 5.41) is 10.9. The number of aromatic nitrogens is 1. The van der Waals surface area contributed by atoms with E-state index in [1.165, 1.54) is 12.1 Å². The Hall–Kier alpha value is -2.45. The molecular weight excluding hydrogens is 397 g/mol. The van der Waals surface area contributed by atoms with Gasteiger partial charge in [0.25, 0.3) is 0 Å². The number of hydrogen-bond acceptors (Lipinski definition) is 5. The van der Waals surface area contributed by atoms with Gasteiger partial charge < -0.3 is 19.9 Å². The summed E-state index contributed by atoms with van der Waals surface area (Å²) >= 11 is 0. The summed E-state index contributed by atoms with van der Waals surface area (Å²) in [5.41, 5.74) is 2.07. The Kier molecular flexibility index (Phi) is 8.85. The van der Waals surface area contributed by atoms with Crippen LogP contribution in [0.1, 0.15) is 55.7 Å². The fourth-order valence-corrected chi connectivity index (χ4v) is 3.93. The number of rotatable bonds is 9. The minimum absolute atomic E-state index is 0.0924. The van der Waals surface area contributed by atoms with Gasteiger partial charge in [-0.1, -0.05) is 31.1 Å². The van der Waals surface area contributed by atoms with E-state index < -0.39 is 0 Å². The highest BCUT2D eigenvalue weighted by Gasteiger charge is 2.23. The number of benzene rings is 1. The summed E-state index contributed by atoms with van der Waals surface area (Å²) in [7, 11) is 1.74. The van der Waals surface area contributed by atoms with E-state index in [1.807, 2.05) is 18.2 Å². The van der Waals surface area contributed by atoms with Crippen LogP contribution in [0.15, 0.2) is 39.8 Å². The van der Waals surface area contributed by atoms with Gasteiger partial charge in [0, 0.05) is 38.7 Å². The summed E-state index contributed by atoms with van der Waals surface area (Å²) in [5.74, 6) is 1.67. The zero-order valence-electron chi connectivity index (χ0n) is 18.7. The molecule has 7 nitrogen and oxygen atoms in total. The molecule has 1 aromatic heterocycles. The Morgan fingerprint density at radius 3 is 2.52 bits per heavy atom. The van der Waals surface area contributed by atoms with Crippen molar-refractivity contribution in [2.45, 2.75) is 45.2 Å². The molecule has 1 aromatic carbocycles. The molecule has 0 bridgehead atoms. The van der Waals surface area contributed by atoms with Crippen molar-refractivity contribution >= 4 is 5.96 Å². The summed E-state index contributed by atoms with van der Waals surface area (Å²) in [6.45, 7) is 8.56. The number of nitrogens with one attached hydrogen (secondary N) is 2. The Bertz CT molecular complexity index is 814. The van der Waals surface area contributed by atoms with Crippen molar-refractivity contribution in [1.29, 1.82) is 0 Å². The van der Waals surface area contributed by atoms with Crippen LogP contribution in [-0.4, -0.2) is 55.9 Å². The predicted molar refractivity (Wildman–Crippen MR) is 120 cm³/mol. The largest absolute Gasteiger partial charge is 0.379 e. The van der Waals surface area contributed by atoms with Crippen molar-refractivity contribution in [1.82, 2.24) is 20.7 Å². The Balaban J connectivity index is 1.59. The monoisotopic (exact) mass is 431 g/mol. The van der Waals surface area contributed by atoms with Crippen LogP contribution in [0.5, 0.6) is 0 Å². The maximum Gasteiger partial charge on any atom is 0.191 e. The highest BCUT2D eigenvalue weighted by atomic mass is 19.1. The molecule has 1 aliphatic rings. The molecule has 0 radical (unpaired) electrons. The van der Waals surface area contributed by atoms with Crippen LogP contribution in [-0.2, 0) is 11.3 Å². The Morgan fingerprint density at radius 2 is 1.87 bits per heavy atom. The van der Waals surface area contributed by atoms with Gasteiger partial charge in [-0.3, -0.25) is 9.89 Å². The van der Waals surface area contributed by atoms with E-state index in [4.69, 9.17) is 9.26 Å². The lowest BCUT2D eigenvalue weighted by Crippen LogP contribution is -2.46. The topological polar surface area (TPSA) is 74.9 Å². The third kappa shape index (κ3) is 6.51. The third-order valence-corrected chi connectivity index (χ3v) is 5.84. The van der Waals surface area contributed by atoms with Crippen molar-refractivity contribution in [2.75, 3.05) is 39.9 Å². The molecule has 0 aliphatic carbocycles. The van der Waals surface area contributed by atoms with Crippen molar-refractivity contribution in [3.63, 3.8) is 0 Å². The van der Waals surface area contributed by atoms with Crippen LogP contribution in [0.25, 0.3) is 0 Å². The molecule has 1 atom stereocenters. The number of morpholine rings is 1. The average Bonchev–Trinajstić information content (AvgIpc) is 3.27. The summed E-state index contributed by atoms with van der Waals surface area (Å²) < 4.78 is 24.4. The first kappa shape index (κ1) is 23.2. The van der Waals surface area contributed by atoms with E-state index in [0.717, 1.165) is 42.9 Å². The van der Waals surface area contributed by atoms with Gasteiger partial charge in [0.05, 0.1) is 31.5 Å². The first-order chi connectivity index (χ1) is 15.1. The number of hydrogen-bond donors (Lipinski definition) is 2. The Morgan fingerprint density at radius 1 is 1.16 bits per heavy atom. The maximum atomic E-state index is 13.4. The molecule has 2 N–H and O–H groups in total. The van der Waals surface area contributed by atoms with Gasteiger partial charge in [-0.15, -0.1) is 0 Å². The number of guanidine groups is 1. The van der Waals surface area contributed by atoms with Gasteiger partial charge in [-0.25, -0.2) is 4.39 Å². The van der Waals surface area contributed by atoms with E-state index in [9.17, 15) is 4.39 Å². The third-order valence-electron chi connectivity index (χ3n) is 5.84. The van der Waals surface area contributed by atoms with E-state index >= 15 is 0 Å². The molecule has 0 spiro atoms. The molecule has 0 saturated carbocycles. The first-order valence-electron chi connectivity index (χ1n) is 11.1. The van der Waals surface area contributed by atoms with E-state index in [0.29, 0.717) is 38.2 Å². The highest BCUT2D eigenvalue weighted by Crippen LogP contribution is 2.23. The fourth-order valence-electron chi connectivity index (χ4n) is 3.93. The molecule has 3 rings (SSSR count). The molecule has 8 heteroatoms. The second-order valence-corrected chi connectivity index (χ2v) is 7.75. The second kappa shape index (κ2) is 11.8. The van der Waals surface area contributed by atoms with Gasteiger partial charge in [-0.2, -0.15) is 0 Å². The number of halogens is 1. The molecule has 1 aliphatic heterocycles. The molecule has 31 heavy (non-hydrogen) atoms. The second-order valence-electron chi connectivity index (χ2n) is 7.75. The van der Waals surface area contributed by atoms with Crippen LogP contribution < -0.4 is 10.6 Å². The zero-order valence-corrected chi connectivity index (χ0v) is 18.7. The van der Waals surface area contributed by atoms with Crippen LogP contribution >= 0.6 is 0 Å². The molecular formula is C23H34FN5O2. The minimum Gasteiger partial charge on any atom is -0.379 e. The van der Waals surface area contributed by atoms with Gasteiger partial charge in [-0.05, 0) is 30.5 Å². The SMILES string of the molecule is CCC(CC)c1cc(CNC(=NC)NCC(c2ccc(F)cc2)N2CCOCC2)on1. The Labute approximate surface area is 184 Å². The fraction of sp³-hybridized carbons (Fsp3) is 0.565. The molecule has 1 unspecified atom stereocenters. The quantitative estimate of drug-likeness (QED) is 0.468. The van der Waals surface area contributed by atoms with Crippen LogP contribution in [0.4, 0.5) is 4.39 Å². The van der Waals surface area contributed by atoms with Gasteiger partial charge in [0.1, 0.15) is 5.82 Å². The van der Waals surface area contributed by atoms with Gasteiger partial charge >= 0.3 is 0 Å². The standard InChI is InChI=1S/C23H34FN5O2/c1-4-17(5-2)21-14-20(31-28-21)15-26-23(25-3)27-16-22(29-10-12-30-13-11-29)18-6-8-19(24)9-7-18/h6-9,14,17,22H,4-5,10-13,15-16H2,1-3H3,(H2,25,26,27). The van der Waals surface area contributed by atoms with Crippen LogP contribution in [0.3, 0.4) is 0 Å². The van der Waals surface area contributed by atoms with Crippen molar-refractivity contribution in [3.05, 3.63) is 53.2 Å². The van der Waals surface area contributed by atoms with Crippen molar-refractivity contribution < 1.29 is 13.7 Å². The lowest BCUT2D eigenvalue weighted by molar-refractivity contribution is 0.0170. The summed E-state index contributed by atoms with van der Waals surface area (Å²) in [6.07, 6.45) is 2.09. The number of aliphatic imine (C=N–C) groups is 1. The van der Waals surface area contributed by atoms with E-state index in [2.05, 4.69) is 39.5 Å². The lowest BCUT2D eigenvalue weighted by Gasteiger charge is -2.35. The molecule has 0 amide bonds. The molecule has 1 saturated heterocycles. The predicted octanol–water partition coefficient (Wildman–Crippen LogP) is 3.46.